The molecule has 52 heavy (non-hydrogen) atoms. The Hall–Kier alpha value is -5.86. The summed E-state index contributed by atoms with van der Waals surface area (Å²) in [6.07, 6.45) is 2.36. The minimum atomic E-state index is 0.0927. The van der Waals surface area contributed by atoms with E-state index >= 15 is 0 Å². The number of fused-ring (bicyclic) bond motifs is 8. The summed E-state index contributed by atoms with van der Waals surface area (Å²) < 4.78 is 4.99. The second kappa shape index (κ2) is 11.3. The molecule has 252 valence electrons. The van der Waals surface area contributed by atoms with Gasteiger partial charge in [0.15, 0.2) is 0 Å². The summed E-state index contributed by atoms with van der Waals surface area (Å²) >= 11 is 0. The second-order valence-corrected chi connectivity index (χ2v) is 16.0. The van der Waals surface area contributed by atoms with Crippen molar-refractivity contribution in [2.24, 2.45) is 0 Å². The fourth-order valence-corrected chi connectivity index (χ4v) is 9.18. The Bertz CT molecular complexity index is 2830. The first kappa shape index (κ1) is 30.9. The average Bonchev–Trinajstić information content (AvgIpc) is 3.69. The van der Waals surface area contributed by atoms with E-state index in [1.54, 1.807) is 0 Å². The second-order valence-electron chi connectivity index (χ2n) is 16.0. The Morgan fingerprint density at radius 3 is 1.62 bits per heavy atom. The molecule has 0 N–H and O–H groups in total. The first-order valence-electron chi connectivity index (χ1n) is 18.7. The van der Waals surface area contributed by atoms with Gasteiger partial charge in [0, 0.05) is 32.9 Å². The van der Waals surface area contributed by atoms with Crippen LogP contribution >= 0.6 is 0 Å². The molecule has 2 aromatic heterocycles. The van der Waals surface area contributed by atoms with Crippen LogP contribution < -0.4 is 0 Å². The van der Waals surface area contributed by atoms with Crippen LogP contribution in [0.1, 0.15) is 51.7 Å². The maximum atomic E-state index is 2.58. The highest BCUT2D eigenvalue weighted by Crippen LogP contribution is 2.50. The number of hydrogen-bond acceptors (Lipinski definition) is 0. The van der Waals surface area contributed by atoms with E-state index in [9.17, 15) is 0 Å². The van der Waals surface area contributed by atoms with Gasteiger partial charge in [0.25, 0.3) is 0 Å². The molecule has 0 bridgehead atoms. The first-order chi connectivity index (χ1) is 25.3. The number of para-hydroxylation sites is 2. The Kier molecular flexibility index (Phi) is 6.73. The van der Waals surface area contributed by atoms with E-state index in [2.05, 4.69) is 195 Å². The van der Waals surface area contributed by atoms with Crippen LogP contribution in [0, 0.1) is 0 Å². The Morgan fingerprint density at radius 1 is 0.385 bits per heavy atom. The van der Waals surface area contributed by atoms with Crippen molar-refractivity contribution in [1.29, 1.82) is 0 Å². The molecule has 1 aliphatic rings. The van der Waals surface area contributed by atoms with E-state index in [1.165, 1.54) is 101 Å². The van der Waals surface area contributed by atoms with Gasteiger partial charge >= 0.3 is 0 Å². The van der Waals surface area contributed by atoms with Crippen molar-refractivity contribution in [3.63, 3.8) is 0 Å². The molecule has 0 fully saturated rings. The van der Waals surface area contributed by atoms with Crippen molar-refractivity contribution in [2.75, 3.05) is 0 Å². The third-order valence-electron chi connectivity index (χ3n) is 12.0. The van der Waals surface area contributed by atoms with Gasteiger partial charge in [0.05, 0.1) is 22.1 Å². The largest absolute Gasteiger partial charge is 0.309 e. The first-order valence-corrected chi connectivity index (χ1v) is 18.7. The highest BCUT2D eigenvalue weighted by atomic mass is 15.0. The third-order valence-corrected chi connectivity index (χ3v) is 12.0. The van der Waals surface area contributed by atoms with Gasteiger partial charge < -0.3 is 9.13 Å². The van der Waals surface area contributed by atoms with Crippen molar-refractivity contribution < 1.29 is 0 Å². The van der Waals surface area contributed by atoms with Crippen LogP contribution in [-0.2, 0) is 10.8 Å². The summed E-state index contributed by atoms with van der Waals surface area (Å²) in [6, 6.07) is 58.3. The van der Waals surface area contributed by atoms with Gasteiger partial charge in [-0.2, -0.15) is 0 Å². The number of aromatic nitrogens is 2. The van der Waals surface area contributed by atoms with E-state index < -0.39 is 0 Å². The molecule has 2 heterocycles. The maximum Gasteiger partial charge on any atom is 0.0548 e. The molecule has 0 amide bonds. The number of nitrogens with zero attached hydrogens (tertiary/aromatic N) is 2. The number of benzene rings is 7. The standard InChI is InChI=1S/C50H42N2/c1-49(2)28-29-50(3,4)42-32-46-40(31-41(42)49)48-45(27-26-44-47(48)39-24-13-14-25-43(39)51(44)35-19-9-6-10-20-35)52(46)36-21-15-18-34(30-36)38-23-12-11-22-37(38)33-16-7-5-8-17-33/h5-27,30-32H,28-29H2,1-4H3. The molecule has 0 unspecified atom stereocenters. The van der Waals surface area contributed by atoms with Crippen molar-refractivity contribution in [3.05, 3.63) is 169 Å². The summed E-state index contributed by atoms with van der Waals surface area (Å²) in [4.78, 5) is 0. The molecule has 0 atom stereocenters. The lowest BCUT2D eigenvalue weighted by molar-refractivity contribution is 0.332. The maximum absolute atomic E-state index is 2.58. The summed E-state index contributed by atoms with van der Waals surface area (Å²) in [6.45, 7) is 9.76. The van der Waals surface area contributed by atoms with Crippen LogP contribution in [0.3, 0.4) is 0 Å². The molecular formula is C50H42N2. The summed E-state index contributed by atoms with van der Waals surface area (Å²) in [5.41, 5.74) is 15.4. The number of rotatable bonds is 4. The molecule has 9 aromatic rings. The molecule has 2 nitrogen and oxygen atoms in total. The minimum Gasteiger partial charge on any atom is -0.309 e. The van der Waals surface area contributed by atoms with E-state index in [-0.39, 0.29) is 10.8 Å². The fraction of sp³-hybridized carbons (Fsp3) is 0.160. The molecule has 0 spiro atoms. The highest BCUT2D eigenvalue weighted by molar-refractivity contribution is 6.29. The van der Waals surface area contributed by atoms with Crippen molar-refractivity contribution in [3.8, 4) is 33.6 Å². The average molecular weight is 671 g/mol. The molecule has 0 radical (unpaired) electrons. The predicted molar refractivity (Wildman–Crippen MR) is 221 cm³/mol. The predicted octanol–water partition coefficient (Wildman–Crippen LogP) is 13.6. The number of hydrogen-bond donors (Lipinski definition) is 0. The van der Waals surface area contributed by atoms with Crippen molar-refractivity contribution >= 4 is 43.6 Å². The molecule has 0 saturated carbocycles. The zero-order valence-corrected chi connectivity index (χ0v) is 30.3. The summed E-state index contributed by atoms with van der Waals surface area (Å²) in [5.74, 6) is 0. The molecule has 1 aliphatic carbocycles. The lowest BCUT2D eigenvalue weighted by Crippen LogP contribution is -2.33. The Balaban J connectivity index is 1.33. The molecule has 0 saturated heterocycles. The van der Waals surface area contributed by atoms with Crippen LogP contribution in [0.4, 0.5) is 0 Å². The van der Waals surface area contributed by atoms with Crippen LogP contribution in [-0.4, -0.2) is 9.13 Å². The van der Waals surface area contributed by atoms with Crippen LogP contribution in [0.15, 0.2) is 158 Å². The summed E-state index contributed by atoms with van der Waals surface area (Å²) in [7, 11) is 0. The molecule has 7 aromatic carbocycles. The molecule has 2 heteroatoms. The van der Waals surface area contributed by atoms with Crippen LogP contribution in [0.2, 0.25) is 0 Å². The van der Waals surface area contributed by atoms with Gasteiger partial charge in [-0.1, -0.05) is 131 Å². The van der Waals surface area contributed by atoms with Gasteiger partial charge in [-0.05, 0) is 112 Å². The van der Waals surface area contributed by atoms with E-state index in [0.717, 1.165) is 0 Å². The quantitative estimate of drug-likeness (QED) is 0.176. The minimum absolute atomic E-state index is 0.0927. The van der Waals surface area contributed by atoms with E-state index in [4.69, 9.17) is 0 Å². The zero-order chi connectivity index (χ0) is 35.2. The topological polar surface area (TPSA) is 9.86 Å². The lowest BCUT2D eigenvalue weighted by atomic mass is 9.63. The van der Waals surface area contributed by atoms with E-state index in [1.807, 2.05) is 0 Å². The highest BCUT2D eigenvalue weighted by Gasteiger charge is 2.38. The summed E-state index contributed by atoms with van der Waals surface area (Å²) in [5, 5.41) is 5.26. The van der Waals surface area contributed by atoms with Gasteiger partial charge in [-0.3, -0.25) is 0 Å². The lowest BCUT2D eigenvalue weighted by Gasteiger charge is -2.42. The Morgan fingerprint density at radius 2 is 0.904 bits per heavy atom. The van der Waals surface area contributed by atoms with E-state index in [0.29, 0.717) is 0 Å². The third kappa shape index (κ3) is 4.57. The molecule has 10 rings (SSSR count). The zero-order valence-electron chi connectivity index (χ0n) is 30.3. The van der Waals surface area contributed by atoms with Crippen molar-refractivity contribution in [2.45, 2.75) is 51.4 Å². The van der Waals surface area contributed by atoms with Crippen LogP contribution in [0.25, 0.3) is 77.2 Å². The van der Waals surface area contributed by atoms with Crippen molar-refractivity contribution in [1.82, 2.24) is 9.13 Å². The van der Waals surface area contributed by atoms with Gasteiger partial charge in [-0.25, -0.2) is 0 Å². The van der Waals surface area contributed by atoms with Gasteiger partial charge in [-0.15, -0.1) is 0 Å². The Labute approximate surface area is 305 Å². The monoisotopic (exact) mass is 670 g/mol. The normalized spacial score (nSPS) is 15.1. The smallest absolute Gasteiger partial charge is 0.0548 e. The van der Waals surface area contributed by atoms with Gasteiger partial charge in [0.2, 0.25) is 0 Å². The molecule has 0 aliphatic heterocycles. The fourth-order valence-electron chi connectivity index (χ4n) is 9.18. The SMILES string of the molecule is CC1(C)CCC(C)(C)c2cc3c(cc21)c1c2c4ccccc4n(-c4ccccc4)c2ccc1n3-c1cccc(-c2ccccc2-c2ccccc2)c1. The van der Waals surface area contributed by atoms with Gasteiger partial charge in [0.1, 0.15) is 0 Å². The molecular weight excluding hydrogens is 629 g/mol. The van der Waals surface area contributed by atoms with Crippen LogP contribution in [0.5, 0.6) is 0 Å².